The number of rotatable bonds is 7. The molecule has 0 spiro atoms. The number of hydrogen-bond donors (Lipinski definition) is 1. The maximum absolute atomic E-state index is 3.51. The number of benzene rings is 1. The minimum atomic E-state index is 0.974. The second-order valence-electron chi connectivity index (χ2n) is 6.08. The molecule has 3 heteroatoms. The van der Waals surface area contributed by atoms with E-state index in [0.29, 0.717) is 0 Å². The molecule has 2 heterocycles. The first-order valence-corrected chi connectivity index (χ1v) is 8.38. The number of fused-ring (bicyclic) bond motifs is 1. The summed E-state index contributed by atoms with van der Waals surface area (Å²) in [5.74, 6) is 0. The Morgan fingerprint density at radius 1 is 1.10 bits per heavy atom. The van der Waals surface area contributed by atoms with Crippen molar-refractivity contribution in [1.82, 2.24) is 14.8 Å². The van der Waals surface area contributed by atoms with Crippen molar-refractivity contribution < 1.29 is 0 Å². The SMILES string of the molecule is CCCNCc1cccc2c1ccn2CCN1CCCC1. The third-order valence-electron chi connectivity index (χ3n) is 4.50. The summed E-state index contributed by atoms with van der Waals surface area (Å²) in [6, 6.07) is 8.97. The van der Waals surface area contributed by atoms with Crippen molar-refractivity contribution in [3.05, 3.63) is 36.0 Å². The molecule has 0 radical (unpaired) electrons. The second kappa shape index (κ2) is 7.10. The molecule has 0 amide bonds. The lowest BCUT2D eigenvalue weighted by Gasteiger charge is -2.15. The first kappa shape index (κ1) is 14.6. The molecule has 1 saturated heterocycles. The first-order valence-electron chi connectivity index (χ1n) is 8.38. The van der Waals surface area contributed by atoms with E-state index < -0.39 is 0 Å². The Morgan fingerprint density at radius 3 is 2.76 bits per heavy atom. The Kier molecular flexibility index (Phi) is 4.94. The summed E-state index contributed by atoms with van der Waals surface area (Å²) in [7, 11) is 0. The highest BCUT2D eigenvalue weighted by atomic mass is 15.2. The van der Waals surface area contributed by atoms with Gasteiger partial charge in [-0.2, -0.15) is 0 Å². The highest BCUT2D eigenvalue weighted by molar-refractivity contribution is 5.83. The van der Waals surface area contributed by atoms with E-state index in [1.165, 1.54) is 55.4 Å². The van der Waals surface area contributed by atoms with Gasteiger partial charge < -0.3 is 14.8 Å². The van der Waals surface area contributed by atoms with Crippen LogP contribution in [0.2, 0.25) is 0 Å². The smallest absolute Gasteiger partial charge is 0.0483 e. The van der Waals surface area contributed by atoms with E-state index in [-0.39, 0.29) is 0 Å². The highest BCUT2D eigenvalue weighted by Crippen LogP contribution is 2.20. The van der Waals surface area contributed by atoms with E-state index in [2.05, 4.69) is 52.2 Å². The third-order valence-corrected chi connectivity index (χ3v) is 4.50. The minimum absolute atomic E-state index is 0.974. The quantitative estimate of drug-likeness (QED) is 0.788. The summed E-state index contributed by atoms with van der Waals surface area (Å²) < 4.78 is 2.41. The second-order valence-corrected chi connectivity index (χ2v) is 6.08. The molecule has 114 valence electrons. The van der Waals surface area contributed by atoms with Crippen LogP contribution in [0.15, 0.2) is 30.5 Å². The summed E-state index contributed by atoms with van der Waals surface area (Å²) in [5.41, 5.74) is 2.80. The van der Waals surface area contributed by atoms with E-state index in [4.69, 9.17) is 0 Å². The van der Waals surface area contributed by atoms with Crippen LogP contribution in [-0.4, -0.2) is 35.6 Å². The van der Waals surface area contributed by atoms with Crippen LogP contribution >= 0.6 is 0 Å². The number of hydrogen-bond acceptors (Lipinski definition) is 2. The molecule has 0 unspecified atom stereocenters. The van der Waals surface area contributed by atoms with Gasteiger partial charge in [0.15, 0.2) is 0 Å². The Labute approximate surface area is 127 Å². The van der Waals surface area contributed by atoms with Gasteiger partial charge in [-0.05, 0) is 56.6 Å². The van der Waals surface area contributed by atoms with Crippen LogP contribution in [0.1, 0.15) is 31.7 Å². The predicted octanol–water partition coefficient (Wildman–Crippen LogP) is 3.24. The molecule has 1 fully saturated rings. The molecule has 0 aliphatic carbocycles. The van der Waals surface area contributed by atoms with Crippen molar-refractivity contribution in [2.75, 3.05) is 26.2 Å². The molecule has 3 rings (SSSR count). The molecular weight excluding hydrogens is 258 g/mol. The third kappa shape index (κ3) is 3.47. The molecule has 21 heavy (non-hydrogen) atoms. The van der Waals surface area contributed by atoms with Crippen LogP contribution in [0, 0.1) is 0 Å². The zero-order valence-electron chi connectivity index (χ0n) is 13.1. The van der Waals surface area contributed by atoms with Gasteiger partial charge in [0.2, 0.25) is 0 Å². The maximum atomic E-state index is 3.51. The van der Waals surface area contributed by atoms with Crippen molar-refractivity contribution >= 4 is 10.9 Å². The van der Waals surface area contributed by atoms with E-state index in [9.17, 15) is 0 Å². The van der Waals surface area contributed by atoms with Crippen molar-refractivity contribution in [2.45, 2.75) is 39.3 Å². The van der Waals surface area contributed by atoms with E-state index in [1.54, 1.807) is 0 Å². The van der Waals surface area contributed by atoms with Gasteiger partial charge in [0.05, 0.1) is 0 Å². The number of nitrogens with one attached hydrogen (secondary N) is 1. The van der Waals surface area contributed by atoms with Gasteiger partial charge in [-0.15, -0.1) is 0 Å². The van der Waals surface area contributed by atoms with Crippen molar-refractivity contribution in [1.29, 1.82) is 0 Å². The number of likely N-dealkylation sites (tertiary alicyclic amines) is 1. The molecular formula is C18H27N3. The molecule has 1 aliphatic rings. The van der Waals surface area contributed by atoms with E-state index >= 15 is 0 Å². The maximum Gasteiger partial charge on any atom is 0.0483 e. The van der Waals surface area contributed by atoms with Crippen molar-refractivity contribution in [2.24, 2.45) is 0 Å². The molecule has 1 aromatic carbocycles. The van der Waals surface area contributed by atoms with E-state index in [1.807, 2.05) is 0 Å². The Balaban J connectivity index is 1.70. The van der Waals surface area contributed by atoms with Gasteiger partial charge in [0, 0.05) is 36.7 Å². The Bertz CT molecular complexity index is 567. The average molecular weight is 285 g/mol. The monoisotopic (exact) mass is 285 g/mol. The average Bonchev–Trinajstić information content (AvgIpc) is 3.15. The fourth-order valence-corrected chi connectivity index (χ4v) is 3.29. The summed E-state index contributed by atoms with van der Waals surface area (Å²) in [4.78, 5) is 2.58. The predicted molar refractivity (Wildman–Crippen MR) is 89.6 cm³/mol. The van der Waals surface area contributed by atoms with E-state index in [0.717, 1.165) is 19.6 Å². The van der Waals surface area contributed by atoms with Crippen LogP contribution in [-0.2, 0) is 13.1 Å². The zero-order valence-corrected chi connectivity index (χ0v) is 13.1. The minimum Gasteiger partial charge on any atom is -0.346 e. The van der Waals surface area contributed by atoms with Gasteiger partial charge in [0.1, 0.15) is 0 Å². The molecule has 0 atom stereocenters. The fraction of sp³-hybridized carbons (Fsp3) is 0.556. The topological polar surface area (TPSA) is 20.2 Å². The van der Waals surface area contributed by atoms with Gasteiger partial charge >= 0.3 is 0 Å². The fourth-order valence-electron chi connectivity index (χ4n) is 3.29. The summed E-state index contributed by atoms with van der Waals surface area (Å²) in [5, 5.41) is 4.92. The van der Waals surface area contributed by atoms with Crippen LogP contribution in [0.5, 0.6) is 0 Å². The summed E-state index contributed by atoms with van der Waals surface area (Å²) in [6.07, 6.45) is 6.19. The lowest BCUT2D eigenvalue weighted by Crippen LogP contribution is -2.23. The number of nitrogens with zero attached hydrogens (tertiary/aromatic N) is 2. The summed E-state index contributed by atoms with van der Waals surface area (Å²) >= 11 is 0. The molecule has 0 saturated carbocycles. The highest BCUT2D eigenvalue weighted by Gasteiger charge is 2.12. The van der Waals surface area contributed by atoms with Crippen molar-refractivity contribution in [3.8, 4) is 0 Å². The van der Waals surface area contributed by atoms with Crippen LogP contribution < -0.4 is 5.32 Å². The normalized spacial score (nSPS) is 16.0. The standard InChI is InChI=1S/C18H27N3/c1-2-9-19-15-16-6-5-7-18-17(16)8-12-21(18)14-13-20-10-3-4-11-20/h5-8,12,19H,2-4,9-11,13-15H2,1H3. The Hall–Kier alpha value is -1.32. The zero-order chi connectivity index (χ0) is 14.5. The number of aromatic nitrogens is 1. The molecule has 3 nitrogen and oxygen atoms in total. The van der Waals surface area contributed by atoms with Gasteiger partial charge in [-0.25, -0.2) is 0 Å². The molecule has 0 bridgehead atoms. The Morgan fingerprint density at radius 2 is 1.95 bits per heavy atom. The van der Waals surface area contributed by atoms with Crippen LogP contribution in [0.25, 0.3) is 10.9 Å². The van der Waals surface area contributed by atoms with Gasteiger partial charge in [-0.3, -0.25) is 0 Å². The first-order chi connectivity index (χ1) is 10.4. The van der Waals surface area contributed by atoms with Crippen LogP contribution in [0.4, 0.5) is 0 Å². The molecule has 1 N–H and O–H groups in total. The molecule has 1 aromatic heterocycles. The molecule has 1 aliphatic heterocycles. The van der Waals surface area contributed by atoms with Gasteiger partial charge in [-0.1, -0.05) is 19.1 Å². The summed E-state index contributed by atoms with van der Waals surface area (Å²) in [6.45, 7) is 9.13. The lowest BCUT2D eigenvalue weighted by molar-refractivity contribution is 0.324. The largest absolute Gasteiger partial charge is 0.346 e. The lowest BCUT2D eigenvalue weighted by atomic mass is 10.1. The molecule has 2 aromatic rings. The van der Waals surface area contributed by atoms with Gasteiger partial charge in [0.25, 0.3) is 0 Å². The van der Waals surface area contributed by atoms with Crippen molar-refractivity contribution in [3.63, 3.8) is 0 Å². The van der Waals surface area contributed by atoms with Crippen LogP contribution in [0.3, 0.4) is 0 Å².